The number of amides is 1. The maximum Gasteiger partial charge on any atom is 0.329 e. The first-order valence-corrected chi connectivity index (χ1v) is 7.49. The number of hydrogen-bond donors (Lipinski definition) is 1. The van der Waals surface area contributed by atoms with E-state index in [1.165, 1.54) is 13.1 Å². The molecule has 0 radical (unpaired) electrons. The van der Waals surface area contributed by atoms with Gasteiger partial charge in [-0.1, -0.05) is 29.8 Å². The predicted octanol–water partition coefficient (Wildman–Crippen LogP) is 2.94. The highest BCUT2D eigenvalue weighted by atomic mass is 35.5. The van der Waals surface area contributed by atoms with Gasteiger partial charge in [-0.2, -0.15) is 0 Å². The Hall–Kier alpha value is -2.86. The summed E-state index contributed by atoms with van der Waals surface area (Å²) >= 11 is 5.95. The summed E-state index contributed by atoms with van der Waals surface area (Å²) in [6.07, 6.45) is 1.39. The molecule has 2 aromatic carbocycles. The number of benzene rings is 2. The summed E-state index contributed by atoms with van der Waals surface area (Å²) in [5, 5.41) is 0.521. The van der Waals surface area contributed by atoms with Crippen LogP contribution in [0.4, 0.5) is 0 Å². The number of nitrogens with two attached hydrogens (primary N) is 1. The molecule has 3 rings (SSSR count). The summed E-state index contributed by atoms with van der Waals surface area (Å²) in [6.45, 7) is 1.42. The number of hydrogen-bond acceptors (Lipinski definition) is 5. The fourth-order valence-electron chi connectivity index (χ4n) is 2.05. The number of primary amides is 1. The van der Waals surface area contributed by atoms with Crippen LogP contribution >= 0.6 is 11.6 Å². The molecule has 0 spiro atoms. The van der Waals surface area contributed by atoms with Gasteiger partial charge in [0.2, 0.25) is 5.88 Å². The molecular weight excluding hydrogens is 330 g/mol. The van der Waals surface area contributed by atoms with Crippen molar-refractivity contribution in [3.05, 3.63) is 59.8 Å². The Labute approximate surface area is 143 Å². The highest BCUT2D eigenvalue weighted by Crippen LogP contribution is 2.23. The molecule has 0 saturated heterocycles. The number of para-hydroxylation sites is 1. The number of nitrogens with zero attached hydrogens (tertiary/aromatic N) is 2. The lowest BCUT2D eigenvalue weighted by Crippen LogP contribution is -2.51. The maximum atomic E-state index is 11.9. The molecule has 6 nitrogen and oxygen atoms in total. The predicted molar refractivity (Wildman–Crippen MR) is 89.8 cm³/mol. The maximum absolute atomic E-state index is 11.9. The molecule has 1 amide bonds. The quantitative estimate of drug-likeness (QED) is 0.720. The molecule has 0 aliphatic heterocycles. The zero-order chi connectivity index (χ0) is 17.2. The number of ether oxygens (including phenoxy) is 2. The van der Waals surface area contributed by atoms with E-state index in [2.05, 4.69) is 9.97 Å². The molecule has 1 unspecified atom stereocenters. The third-order valence-electron chi connectivity index (χ3n) is 3.28. The molecule has 0 aliphatic carbocycles. The number of carbonyl (C=O) groups is 1. The molecule has 2 N–H and O–H groups in total. The molecule has 0 bridgehead atoms. The first-order chi connectivity index (χ1) is 11.5. The zero-order valence-corrected chi connectivity index (χ0v) is 13.5. The first kappa shape index (κ1) is 16.0. The van der Waals surface area contributed by atoms with E-state index in [0.29, 0.717) is 21.8 Å². The van der Waals surface area contributed by atoms with E-state index in [0.717, 1.165) is 0 Å². The van der Waals surface area contributed by atoms with E-state index in [1.54, 1.807) is 42.5 Å². The van der Waals surface area contributed by atoms with Crippen molar-refractivity contribution in [2.75, 3.05) is 0 Å². The number of halogens is 1. The summed E-state index contributed by atoms with van der Waals surface area (Å²) < 4.78 is 11.2. The summed E-state index contributed by atoms with van der Waals surface area (Å²) in [5.74, 6) is -1.99. The van der Waals surface area contributed by atoms with Gasteiger partial charge >= 0.3 is 11.7 Å². The molecule has 0 aliphatic rings. The van der Waals surface area contributed by atoms with Gasteiger partial charge in [-0.05, 0) is 30.3 Å². The van der Waals surface area contributed by atoms with Gasteiger partial charge in [-0.3, -0.25) is 4.79 Å². The van der Waals surface area contributed by atoms with E-state index in [-0.39, 0.29) is 5.88 Å². The summed E-state index contributed by atoms with van der Waals surface area (Å²) in [4.78, 5) is 20.4. The fraction of sp³-hybridized carbons (Fsp3) is 0.118. The van der Waals surface area contributed by atoms with Crippen LogP contribution in [0, 0.1) is 0 Å². The van der Waals surface area contributed by atoms with E-state index < -0.39 is 11.7 Å². The van der Waals surface area contributed by atoms with Gasteiger partial charge < -0.3 is 15.2 Å². The second kappa shape index (κ2) is 6.33. The van der Waals surface area contributed by atoms with Gasteiger partial charge in [0.15, 0.2) is 0 Å². The lowest BCUT2D eigenvalue weighted by Gasteiger charge is -2.27. The molecule has 3 aromatic rings. The van der Waals surface area contributed by atoms with Crippen LogP contribution in [0.15, 0.2) is 54.7 Å². The third kappa shape index (κ3) is 3.38. The Morgan fingerprint density at radius 2 is 1.88 bits per heavy atom. The van der Waals surface area contributed by atoms with Crippen LogP contribution in [0.5, 0.6) is 11.6 Å². The van der Waals surface area contributed by atoms with E-state index in [9.17, 15) is 4.79 Å². The standard InChI is InChI=1S/C17H14ClN3O3/c1-17(16(19)22,23-12-5-3-2-4-6-12)24-15-10-20-13-8-7-11(18)9-14(13)21-15/h2-10H,1H3,(H2,19,22). The van der Waals surface area contributed by atoms with Crippen molar-refractivity contribution in [3.8, 4) is 11.6 Å². The highest BCUT2D eigenvalue weighted by Gasteiger charge is 2.37. The molecule has 0 fully saturated rings. The van der Waals surface area contributed by atoms with Crippen LogP contribution in [-0.4, -0.2) is 21.7 Å². The second-order valence-corrected chi connectivity index (χ2v) is 5.60. The Balaban J connectivity index is 1.91. The summed E-state index contributed by atoms with van der Waals surface area (Å²) in [7, 11) is 0. The van der Waals surface area contributed by atoms with Crippen molar-refractivity contribution in [1.82, 2.24) is 9.97 Å². The number of carbonyl (C=O) groups excluding carboxylic acids is 1. The lowest BCUT2D eigenvalue weighted by molar-refractivity contribution is -0.158. The molecule has 24 heavy (non-hydrogen) atoms. The van der Waals surface area contributed by atoms with E-state index in [4.69, 9.17) is 26.8 Å². The molecular formula is C17H14ClN3O3. The minimum atomic E-state index is -1.73. The largest absolute Gasteiger partial charge is 0.444 e. The van der Waals surface area contributed by atoms with Crippen molar-refractivity contribution in [2.45, 2.75) is 12.7 Å². The van der Waals surface area contributed by atoms with Gasteiger partial charge in [-0.25, -0.2) is 9.97 Å². The van der Waals surface area contributed by atoms with Crippen LogP contribution in [0.1, 0.15) is 6.92 Å². The number of rotatable bonds is 5. The second-order valence-electron chi connectivity index (χ2n) is 5.17. The fourth-order valence-corrected chi connectivity index (χ4v) is 2.22. The van der Waals surface area contributed by atoms with Crippen LogP contribution in [0.25, 0.3) is 11.0 Å². The Bertz CT molecular complexity index is 889. The average Bonchev–Trinajstić information content (AvgIpc) is 2.55. The van der Waals surface area contributed by atoms with E-state index in [1.807, 2.05) is 6.07 Å². The van der Waals surface area contributed by atoms with Crippen molar-refractivity contribution >= 4 is 28.5 Å². The third-order valence-corrected chi connectivity index (χ3v) is 3.52. The van der Waals surface area contributed by atoms with Crippen LogP contribution in [-0.2, 0) is 4.79 Å². The van der Waals surface area contributed by atoms with Crippen molar-refractivity contribution in [3.63, 3.8) is 0 Å². The Morgan fingerprint density at radius 3 is 2.58 bits per heavy atom. The van der Waals surface area contributed by atoms with Crippen molar-refractivity contribution in [2.24, 2.45) is 5.73 Å². The van der Waals surface area contributed by atoms with Crippen LogP contribution in [0.2, 0.25) is 5.02 Å². The van der Waals surface area contributed by atoms with Gasteiger partial charge in [0.1, 0.15) is 5.75 Å². The van der Waals surface area contributed by atoms with Gasteiger partial charge in [0.05, 0.1) is 17.2 Å². The minimum Gasteiger partial charge on any atom is -0.444 e. The van der Waals surface area contributed by atoms with Crippen LogP contribution in [0.3, 0.4) is 0 Å². The van der Waals surface area contributed by atoms with Gasteiger partial charge in [-0.15, -0.1) is 0 Å². The molecule has 122 valence electrons. The van der Waals surface area contributed by atoms with Gasteiger partial charge in [0, 0.05) is 11.9 Å². The highest BCUT2D eigenvalue weighted by molar-refractivity contribution is 6.31. The zero-order valence-electron chi connectivity index (χ0n) is 12.8. The topological polar surface area (TPSA) is 87.3 Å². The summed E-state index contributed by atoms with van der Waals surface area (Å²) in [6, 6.07) is 13.9. The number of fused-ring (bicyclic) bond motifs is 1. The Morgan fingerprint density at radius 1 is 1.12 bits per heavy atom. The molecule has 1 aromatic heterocycles. The van der Waals surface area contributed by atoms with Crippen molar-refractivity contribution in [1.29, 1.82) is 0 Å². The lowest BCUT2D eigenvalue weighted by atomic mass is 10.3. The Kier molecular flexibility index (Phi) is 4.22. The van der Waals surface area contributed by atoms with Crippen LogP contribution < -0.4 is 15.2 Å². The van der Waals surface area contributed by atoms with Crippen molar-refractivity contribution < 1.29 is 14.3 Å². The molecule has 0 saturated carbocycles. The smallest absolute Gasteiger partial charge is 0.329 e. The first-order valence-electron chi connectivity index (χ1n) is 7.11. The SMILES string of the molecule is CC(Oc1ccccc1)(Oc1cnc2ccc(Cl)cc2n1)C(N)=O. The molecule has 1 atom stereocenters. The normalized spacial score (nSPS) is 13.2. The monoisotopic (exact) mass is 343 g/mol. The number of aromatic nitrogens is 2. The van der Waals surface area contributed by atoms with E-state index >= 15 is 0 Å². The van der Waals surface area contributed by atoms with Gasteiger partial charge in [0.25, 0.3) is 0 Å². The average molecular weight is 344 g/mol. The molecule has 1 heterocycles. The molecule has 7 heteroatoms. The minimum absolute atomic E-state index is 0.0991. The summed E-state index contributed by atoms with van der Waals surface area (Å²) in [5.41, 5.74) is 6.63.